The number of hydrogen-bond donors (Lipinski definition) is 3. The molecule has 4 saturated carbocycles. The zero-order valence-corrected chi connectivity index (χ0v) is 20.5. The van der Waals surface area contributed by atoms with E-state index in [-0.39, 0.29) is 23.6 Å². The fourth-order valence-electron chi connectivity index (χ4n) is 7.26. The summed E-state index contributed by atoms with van der Waals surface area (Å²) in [5, 5.41) is 9.22. The molecule has 4 aliphatic carbocycles. The SMILES string of the molecule is CC1CN(Cc2cccc(CNC(=O)CCNC(=O)NC34CC5CC(CC(C5)C3)C4)c2)CCO1. The van der Waals surface area contributed by atoms with Crippen LogP contribution in [0.2, 0.25) is 0 Å². The van der Waals surface area contributed by atoms with Crippen LogP contribution in [0.4, 0.5) is 4.79 Å². The Morgan fingerprint density at radius 1 is 1.06 bits per heavy atom. The molecule has 1 atom stereocenters. The topological polar surface area (TPSA) is 82.7 Å². The first kappa shape index (κ1) is 23.6. The second kappa shape index (κ2) is 10.2. The van der Waals surface area contributed by atoms with Gasteiger partial charge in [0.2, 0.25) is 5.91 Å². The third-order valence-electron chi connectivity index (χ3n) is 8.27. The Balaban J connectivity index is 1.01. The highest BCUT2D eigenvalue weighted by atomic mass is 16.5. The van der Waals surface area contributed by atoms with Gasteiger partial charge in [0.25, 0.3) is 0 Å². The lowest BCUT2D eigenvalue weighted by atomic mass is 9.53. The van der Waals surface area contributed by atoms with Gasteiger partial charge >= 0.3 is 6.03 Å². The van der Waals surface area contributed by atoms with Crippen LogP contribution in [0.5, 0.6) is 0 Å². The summed E-state index contributed by atoms with van der Waals surface area (Å²) in [6, 6.07) is 8.29. The molecular formula is C27H40N4O3. The lowest BCUT2D eigenvalue weighted by Gasteiger charge is -2.56. The number of carbonyl (C=O) groups is 2. The van der Waals surface area contributed by atoms with Gasteiger partial charge in [0.05, 0.1) is 12.7 Å². The van der Waals surface area contributed by atoms with E-state index in [1.807, 2.05) is 6.07 Å². The average Bonchev–Trinajstić information content (AvgIpc) is 2.77. The number of benzene rings is 1. The average molecular weight is 469 g/mol. The minimum atomic E-state index is -0.111. The highest BCUT2D eigenvalue weighted by molar-refractivity contribution is 5.78. The number of hydrogen-bond acceptors (Lipinski definition) is 4. The molecule has 1 saturated heterocycles. The summed E-state index contributed by atoms with van der Waals surface area (Å²) in [5.41, 5.74) is 2.36. The van der Waals surface area contributed by atoms with E-state index in [0.29, 0.717) is 19.5 Å². The Bertz CT molecular complexity index is 853. The van der Waals surface area contributed by atoms with E-state index in [4.69, 9.17) is 4.74 Å². The van der Waals surface area contributed by atoms with Crippen LogP contribution in [-0.4, -0.2) is 54.7 Å². The molecule has 0 spiro atoms. The molecular weight excluding hydrogens is 428 g/mol. The molecule has 6 rings (SSSR count). The summed E-state index contributed by atoms with van der Waals surface area (Å²) in [6.07, 6.45) is 8.05. The molecule has 7 nitrogen and oxygen atoms in total. The van der Waals surface area contributed by atoms with Gasteiger partial charge in [0, 0.05) is 44.7 Å². The fourth-order valence-corrected chi connectivity index (χ4v) is 7.26. The molecule has 0 aromatic heterocycles. The zero-order valence-electron chi connectivity index (χ0n) is 20.5. The monoisotopic (exact) mass is 468 g/mol. The maximum Gasteiger partial charge on any atom is 0.315 e. The number of nitrogens with zero attached hydrogens (tertiary/aromatic N) is 1. The van der Waals surface area contributed by atoms with Crippen molar-refractivity contribution >= 4 is 11.9 Å². The molecule has 5 aliphatic rings. The predicted molar refractivity (Wildman–Crippen MR) is 131 cm³/mol. The molecule has 1 aromatic rings. The van der Waals surface area contributed by atoms with E-state index in [0.717, 1.165) is 68.8 Å². The summed E-state index contributed by atoms with van der Waals surface area (Å²) < 4.78 is 5.62. The van der Waals surface area contributed by atoms with Crippen molar-refractivity contribution < 1.29 is 14.3 Å². The van der Waals surface area contributed by atoms with Gasteiger partial charge in [-0.15, -0.1) is 0 Å². The van der Waals surface area contributed by atoms with Gasteiger partial charge < -0.3 is 20.7 Å². The second-order valence-corrected chi connectivity index (χ2v) is 11.3. The number of rotatable bonds is 8. The van der Waals surface area contributed by atoms with Crippen molar-refractivity contribution in [2.45, 2.75) is 76.6 Å². The van der Waals surface area contributed by atoms with Crippen LogP contribution in [0.1, 0.15) is 63.0 Å². The molecule has 1 heterocycles. The summed E-state index contributed by atoms with van der Waals surface area (Å²) in [4.78, 5) is 27.3. The Hall–Kier alpha value is -2.12. The van der Waals surface area contributed by atoms with Crippen molar-refractivity contribution in [1.29, 1.82) is 0 Å². The number of amides is 3. The van der Waals surface area contributed by atoms with Gasteiger partial charge in [-0.3, -0.25) is 9.69 Å². The van der Waals surface area contributed by atoms with Crippen LogP contribution < -0.4 is 16.0 Å². The Morgan fingerprint density at radius 3 is 2.47 bits per heavy atom. The molecule has 4 bridgehead atoms. The fraction of sp³-hybridized carbons (Fsp3) is 0.704. The minimum absolute atomic E-state index is 0.00533. The van der Waals surface area contributed by atoms with E-state index < -0.39 is 0 Å². The minimum Gasteiger partial charge on any atom is -0.376 e. The predicted octanol–water partition coefficient (Wildman–Crippen LogP) is 3.18. The largest absolute Gasteiger partial charge is 0.376 e. The second-order valence-electron chi connectivity index (χ2n) is 11.3. The van der Waals surface area contributed by atoms with E-state index in [1.165, 1.54) is 24.8 Å². The third kappa shape index (κ3) is 5.92. The number of morpholine rings is 1. The third-order valence-corrected chi connectivity index (χ3v) is 8.27. The van der Waals surface area contributed by atoms with Crippen molar-refractivity contribution in [2.75, 3.05) is 26.2 Å². The van der Waals surface area contributed by atoms with Gasteiger partial charge in [-0.25, -0.2) is 4.79 Å². The number of ether oxygens (including phenoxy) is 1. The van der Waals surface area contributed by atoms with Crippen LogP contribution in [0.15, 0.2) is 24.3 Å². The summed E-state index contributed by atoms with van der Waals surface area (Å²) in [6.45, 7) is 6.56. The van der Waals surface area contributed by atoms with Crippen LogP contribution in [0.25, 0.3) is 0 Å². The van der Waals surface area contributed by atoms with Crippen LogP contribution in [0, 0.1) is 17.8 Å². The number of nitrogens with one attached hydrogen (secondary N) is 3. The van der Waals surface area contributed by atoms with Crippen LogP contribution >= 0.6 is 0 Å². The summed E-state index contributed by atoms with van der Waals surface area (Å²) in [7, 11) is 0. The van der Waals surface area contributed by atoms with Gasteiger partial charge in [-0.05, 0) is 74.3 Å². The van der Waals surface area contributed by atoms with Crippen molar-refractivity contribution in [3.63, 3.8) is 0 Å². The van der Waals surface area contributed by atoms with Crippen LogP contribution in [0.3, 0.4) is 0 Å². The highest BCUT2D eigenvalue weighted by Crippen LogP contribution is 2.55. The maximum atomic E-state index is 12.5. The van der Waals surface area contributed by atoms with Crippen LogP contribution in [-0.2, 0) is 22.6 Å². The van der Waals surface area contributed by atoms with E-state index in [2.05, 4.69) is 46.0 Å². The molecule has 1 aromatic carbocycles. The quantitative estimate of drug-likeness (QED) is 0.547. The Labute approximate surface area is 203 Å². The molecule has 0 radical (unpaired) electrons. The lowest BCUT2D eigenvalue weighted by Crippen LogP contribution is -2.61. The van der Waals surface area contributed by atoms with E-state index in [1.54, 1.807) is 0 Å². The highest BCUT2D eigenvalue weighted by Gasteiger charge is 2.51. The summed E-state index contributed by atoms with van der Waals surface area (Å²) >= 11 is 0. The Kier molecular flexibility index (Phi) is 7.11. The van der Waals surface area contributed by atoms with Crippen molar-refractivity contribution in [2.24, 2.45) is 17.8 Å². The zero-order chi connectivity index (χ0) is 23.5. The van der Waals surface area contributed by atoms with Crippen molar-refractivity contribution in [1.82, 2.24) is 20.9 Å². The lowest BCUT2D eigenvalue weighted by molar-refractivity contribution is -0.121. The summed E-state index contributed by atoms with van der Waals surface area (Å²) in [5.74, 6) is 2.36. The standard InChI is InChI=1S/C27H40N4O3/c1-19-17-31(7-8-34-19)18-21-4-2-3-20(9-21)16-29-25(32)5-6-28-26(33)30-27-13-22-10-23(14-27)12-24(11-22)15-27/h2-4,9,19,22-24H,5-8,10-18H2,1H3,(H,29,32)(H2,28,30,33). The van der Waals surface area contributed by atoms with Gasteiger partial charge in [-0.1, -0.05) is 24.3 Å². The van der Waals surface area contributed by atoms with E-state index in [9.17, 15) is 9.59 Å². The first-order chi connectivity index (χ1) is 16.4. The first-order valence-corrected chi connectivity index (χ1v) is 13.2. The van der Waals surface area contributed by atoms with Crippen molar-refractivity contribution in [3.05, 3.63) is 35.4 Å². The normalized spacial score (nSPS) is 32.4. The molecule has 1 aliphatic heterocycles. The molecule has 3 amide bonds. The maximum absolute atomic E-state index is 12.5. The number of carbonyl (C=O) groups excluding carboxylic acids is 2. The number of urea groups is 1. The molecule has 34 heavy (non-hydrogen) atoms. The molecule has 5 fully saturated rings. The van der Waals surface area contributed by atoms with Gasteiger partial charge in [-0.2, -0.15) is 0 Å². The molecule has 3 N–H and O–H groups in total. The molecule has 7 heteroatoms. The first-order valence-electron chi connectivity index (χ1n) is 13.2. The Morgan fingerprint density at radius 2 is 1.76 bits per heavy atom. The van der Waals surface area contributed by atoms with Crippen molar-refractivity contribution in [3.8, 4) is 0 Å². The van der Waals surface area contributed by atoms with Gasteiger partial charge in [0.1, 0.15) is 0 Å². The molecule has 1 unspecified atom stereocenters. The van der Waals surface area contributed by atoms with E-state index >= 15 is 0 Å². The smallest absolute Gasteiger partial charge is 0.315 e. The molecule has 186 valence electrons. The van der Waals surface area contributed by atoms with Gasteiger partial charge in [0.15, 0.2) is 0 Å².